The summed E-state index contributed by atoms with van der Waals surface area (Å²) in [5.74, 6) is 0.172. The van der Waals surface area contributed by atoms with E-state index < -0.39 is 9.84 Å². The molecule has 1 aliphatic heterocycles. The van der Waals surface area contributed by atoms with Crippen LogP contribution in [0.2, 0.25) is 0 Å². The minimum atomic E-state index is -3.05. The Kier molecular flexibility index (Phi) is 1.89. The fourth-order valence-electron chi connectivity index (χ4n) is 1.62. The lowest BCUT2D eigenvalue weighted by Gasteiger charge is -2.21. The fourth-order valence-corrected chi connectivity index (χ4v) is 3.27. The standard InChI is InChI=1S/C9H11NO2S/c10-8-5-6-13(11,12)9-4-2-1-3-7(8)9/h1-4,8H,5-6,10H2/t8-/m0/s1. The summed E-state index contributed by atoms with van der Waals surface area (Å²) in [4.78, 5) is 0.411. The number of rotatable bonds is 0. The summed E-state index contributed by atoms with van der Waals surface area (Å²) in [6.07, 6.45) is 0.527. The number of benzene rings is 1. The molecule has 4 heteroatoms. The molecular weight excluding hydrogens is 186 g/mol. The van der Waals surface area contributed by atoms with Gasteiger partial charge in [-0.1, -0.05) is 18.2 Å². The van der Waals surface area contributed by atoms with E-state index in [-0.39, 0.29) is 11.8 Å². The molecule has 1 aromatic carbocycles. The van der Waals surface area contributed by atoms with Crippen LogP contribution in [0.3, 0.4) is 0 Å². The predicted molar refractivity (Wildman–Crippen MR) is 50.0 cm³/mol. The van der Waals surface area contributed by atoms with Crippen molar-refractivity contribution >= 4 is 9.84 Å². The highest BCUT2D eigenvalue weighted by molar-refractivity contribution is 7.91. The Morgan fingerprint density at radius 2 is 2.00 bits per heavy atom. The molecule has 0 bridgehead atoms. The molecule has 1 heterocycles. The molecule has 2 rings (SSSR count). The van der Waals surface area contributed by atoms with E-state index in [4.69, 9.17) is 5.73 Å². The second kappa shape index (κ2) is 2.82. The molecule has 3 nitrogen and oxygen atoms in total. The molecule has 0 spiro atoms. The number of sulfone groups is 1. The van der Waals surface area contributed by atoms with E-state index in [0.29, 0.717) is 11.3 Å². The van der Waals surface area contributed by atoms with Crippen LogP contribution in [0.4, 0.5) is 0 Å². The van der Waals surface area contributed by atoms with Crippen molar-refractivity contribution < 1.29 is 8.42 Å². The van der Waals surface area contributed by atoms with Crippen molar-refractivity contribution in [2.45, 2.75) is 17.4 Å². The van der Waals surface area contributed by atoms with E-state index in [1.165, 1.54) is 0 Å². The van der Waals surface area contributed by atoms with E-state index in [0.717, 1.165) is 5.56 Å². The molecule has 0 fully saturated rings. The molecule has 0 radical (unpaired) electrons. The van der Waals surface area contributed by atoms with Gasteiger partial charge in [-0.25, -0.2) is 8.42 Å². The van der Waals surface area contributed by atoms with Crippen molar-refractivity contribution in [3.8, 4) is 0 Å². The third-order valence-corrected chi connectivity index (χ3v) is 4.17. The van der Waals surface area contributed by atoms with Crippen LogP contribution < -0.4 is 5.73 Å². The van der Waals surface area contributed by atoms with Crippen molar-refractivity contribution in [2.24, 2.45) is 5.73 Å². The number of fused-ring (bicyclic) bond motifs is 1. The lowest BCUT2D eigenvalue weighted by atomic mass is 10.1. The Balaban J connectivity index is 2.68. The lowest BCUT2D eigenvalue weighted by Crippen LogP contribution is -2.24. The molecule has 0 aromatic heterocycles. The largest absolute Gasteiger partial charge is 0.324 e. The van der Waals surface area contributed by atoms with Crippen molar-refractivity contribution in [3.63, 3.8) is 0 Å². The van der Waals surface area contributed by atoms with Gasteiger partial charge in [-0.3, -0.25) is 0 Å². The highest BCUT2D eigenvalue weighted by Crippen LogP contribution is 2.29. The van der Waals surface area contributed by atoms with E-state index in [1.54, 1.807) is 18.2 Å². The zero-order chi connectivity index (χ0) is 9.47. The van der Waals surface area contributed by atoms with Gasteiger partial charge in [-0.15, -0.1) is 0 Å². The third kappa shape index (κ3) is 1.36. The van der Waals surface area contributed by atoms with Gasteiger partial charge >= 0.3 is 0 Å². The van der Waals surface area contributed by atoms with Crippen LogP contribution in [-0.2, 0) is 9.84 Å². The fraction of sp³-hybridized carbons (Fsp3) is 0.333. The van der Waals surface area contributed by atoms with Crippen LogP contribution in [0.5, 0.6) is 0 Å². The predicted octanol–water partition coefficient (Wildman–Crippen LogP) is 0.864. The Bertz CT molecular complexity index is 425. The van der Waals surface area contributed by atoms with Gasteiger partial charge in [0, 0.05) is 6.04 Å². The molecular formula is C9H11NO2S. The van der Waals surface area contributed by atoms with Gasteiger partial charge in [0.1, 0.15) is 0 Å². The van der Waals surface area contributed by atoms with Gasteiger partial charge in [0.15, 0.2) is 9.84 Å². The van der Waals surface area contributed by atoms with Crippen molar-refractivity contribution in [3.05, 3.63) is 29.8 Å². The van der Waals surface area contributed by atoms with Crippen LogP contribution in [-0.4, -0.2) is 14.2 Å². The topological polar surface area (TPSA) is 60.2 Å². The molecule has 0 saturated carbocycles. The summed E-state index contributed by atoms with van der Waals surface area (Å²) < 4.78 is 23.1. The molecule has 1 aromatic rings. The van der Waals surface area contributed by atoms with Crippen molar-refractivity contribution in [2.75, 3.05) is 5.75 Å². The first-order chi connectivity index (χ1) is 6.11. The lowest BCUT2D eigenvalue weighted by molar-refractivity contribution is 0.569. The van der Waals surface area contributed by atoms with Crippen LogP contribution in [0.25, 0.3) is 0 Å². The molecule has 70 valence electrons. The molecule has 0 saturated heterocycles. The molecule has 0 aliphatic carbocycles. The van der Waals surface area contributed by atoms with E-state index >= 15 is 0 Å². The van der Waals surface area contributed by atoms with Crippen LogP contribution >= 0.6 is 0 Å². The second-order valence-electron chi connectivity index (χ2n) is 3.25. The van der Waals surface area contributed by atoms with E-state index in [9.17, 15) is 8.42 Å². The maximum absolute atomic E-state index is 11.6. The number of hydrogen-bond donors (Lipinski definition) is 1. The monoisotopic (exact) mass is 197 g/mol. The molecule has 2 N–H and O–H groups in total. The normalized spacial score (nSPS) is 25.2. The average Bonchev–Trinajstić information content (AvgIpc) is 2.13. The smallest absolute Gasteiger partial charge is 0.178 e. The number of hydrogen-bond acceptors (Lipinski definition) is 3. The second-order valence-corrected chi connectivity index (χ2v) is 5.33. The third-order valence-electron chi connectivity index (χ3n) is 2.35. The van der Waals surface area contributed by atoms with Crippen LogP contribution in [0, 0.1) is 0 Å². The highest BCUT2D eigenvalue weighted by Gasteiger charge is 2.27. The first-order valence-electron chi connectivity index (χ1n) is 4.18. The van der Waals surface area contributed by atoms with Crippen LogP contribution in [0.1, 0.15) is 18.0 Å². The van der Waals surface area contributed by atoms with Gasteiger partial charge in [-0.05, 0) is 18.1 Å². The highest BCUT2D eigenvalue weighted by atomic mass is 32.2. The molecule has 1 atom stereocenters. The quantitative estimate of drug-likeness (QED) is 0.671. The van der Waals surface area contributed by atoms with E-state index in [2.05, 4.69) is 0 Å². The number of nitrogens with two attached hydrogens (primary N) is 1. The Morgan fingerprint density at radius 1 is 1.31 bits per heavy atom. The van der Waals surface area contributed by atoms with Crippen LogP contribution in [0.15, 0.2) is 29.2 Å². The van der Waals surface area contributed by atoms with Gasteiger partial charge in [0.2, 0.25) is 0 Å². The van der Waals surface area contributed by atoms with E-state index in [1.807, 2.05) is 6.07 Å². The Morgan fingerprint density at radius 3 is 2.69 bits per heavy atom. The minimum Gasteiger partial charge on any atom is -0.324 e. The summed E-state index contributed by atoms with van der Waals surface area (Å²) in [5.41, 5.74) is 6.56. The van der Waals surface area contributed by atoms with Gasteiger partial charge in [-0.2, -0.15) is 0 Å². The summed E-state index contributed by atoms with van der Waals surface area (Å²) in [6, 6.07) is 6.84. The first-order valence-corrected chi connectivity index (χ1v) is 5.84. The zero-order valence-electron chi connectivity index (χ0n) is 7.10. The van der Waals surface area contributed by atoms with Crippen molar-refractivity contribution in [1.82, 2.24) is 0 Å². The maximum Gasteiger partial charge on any atom is 0.178 e. The Hall–Kier alpha value is -0.870. The Labute approximate surface area is 77.5 Å². The SMILES string of the molecule is N[C@H]1CCS(=O)(=O)c2ccccc21. The first kappa shape index (κ1) is 8.72. The summed E-state index contributed by atoms with van der Waals surface area (Å²) in [5, 5.41) is 0. The summed E-state index contributed by atoms with van der Waals surface area (Å²) in [7, 11) is -3.05. The minimum absolute atomic E-state index is 0.125. The van der Waals surface area contributed by atoms with Gasteiger partial charge < -0.3 is 5.73 Å². The molecule has 0 amide bonds. The zero-order valence-corrected chi connectivity index (χ0v) is 7.92. The van der Waals surface area contributed by atoms with Gasteiger partial charge in [0.05, 0.1) is 10.6 Å². The summed E-state index contributed by atoms with van der Waals surface area (Å²) in [6.45, 7) is 0. The van der Waals surface area contributed by atoms with Crippen molar-refractivity contribution in [1.29, 1.82) is 0 Å². The molecule has 0 unspecified atom stereocenters. The van der Waals surface area contributed by atoms with Gasteiger partial charge in [0.25, 0.3) is 0 Å². The molecule has 1 aliphatic rings. The molecule has 13 heavy (non-hydrogen) atoms. The maximum atomic E-state index is 11.6. The average molecular weight is 197 g/mol. The summed E-state index contributed by atoms with van der Waals surface area (Å²) >= 11 is 0.